The zero-order valence-electron chi connectivity index (χ0n) is 15.2. The van der Waals surface area contributed by atoms with E-state index < -0.39 is 5.82 Å². The van der Waals surface area contributed by atoms with Crippen LogP contribution in [0.2, 0.25) is 0 Å². The van der Waals surface area contributed by atoms with Gasteiger partial charge in [0.05, 0.1) is 12.7 Å². The molecule has 6 heteroatoms. The largest absolute Gasteiger partial charge is 0.497 e. The number of methoxy groups -OCH3 is 1. The number of nitrogens with zero attached hydrogens (tertiary/aromatic N) is 2. The molecule has 0 fully saturated rings. The SMILES string of the molecule is COc1ccc(N[C@@H](c2ccccc2)c2nnc(-c3ccccc3F)o2)cc1. The monoisotopic (exact) mass is 375 g/mol. The van der Waals surface area contributed by atoms with E-state index in [1.54, 1.807) is 25.3 Å². The quantitative estimate of drug-likeness (QED) is 0.509. The van der Waals surface area contributed by atoms with Crippen LogP contribution in [0.3, 0.4) is 0 Å². The molecule has 0 saturated carbocycles. The average molecular weight is 375 g/mol. The molecule has 0 spiro atoms. The minimum Gasteiger partial charge on any atom is -0.497 e. The van der Waals surface area contributed by atoms with Gasteiger partial charge in [0.15, 0.2) is 0 Å². The zero-order chi connectivity index (χ0) is 19.3. The second kappa shape index (κ2) is 7.92. The van der Waals surface area contributed by atoms with Crippen molar-refractivity contribution < 1.29 is 13.5 Å². The summed E-state index contributed by atoms with van der Waals surface area (Å²) in [6.45, 7) is 0. The van der Waals surface area contributed by atoms with Crippen LogP contribution < -0.4 is 10.1 Å². The summed E-state index contributed by atoms with van der Waals surface area (Å²) in [7, 11) is 1.62. The Labute approximate surface area is 161 Å². The van der Waals surface area contributed by atoms with Gasteiger partial charge < -0.3 is 14.5 Å². The molecule has 0 saturated heterocycles. The van der Waals surface area contributed by atoms with E-state index in [0.29, 0.717) is 5.89 Å². The van der Waals surface area contributed by atoms with Crippen LogP contribution in [0, 0.1) is 5.82 Å². The fraction of sp³-hybridized carbons (Fsp3) is 0.0909. The third kappa shape index (κ3) is 3.71. The molecule has 28 heavy (non-hydrogen) atoms. The van der Waals surface area contributed by atoms with Gasteiger partial charge in [-0.2, -0.15) is 0 Å². The molecule has 0 bridgehead atoms. The Morgan fingerprint density at radius 1 is 0.893 bits per heavy atom. The number of hydrogen-bond acceptors (Lipinski definition) is 5. The van der Waals surface area contributed by atoms with E-state index in [1.807, 2.05) is 54.6 Å². The van der Waals surface area contributed by atoms with Crippen LogP contribution in [0.15, 0.2) is 83.3 Å². The Kier molecular flexibility index (Phi) is 5.01. The summed E-state index contributed by atoms with van der Waals surface area (Å²) in [5.41, 5.74) is 2.08. The molecule has 0 radical (unpaired) electrons. The summed E-state index contributed by atoms with van der Waals surface area (Å²) in [4.78, 5) is 0. The number of halogens is 1. The van der Waals surface area contributed by atoms with Gasteiger partial charge in [-0.25, -0.2) is 4.39 Å². The van der Waals surface area contributed by atoms with Crippen molar-refractivity contribution in [3.63, 3.8) is 0 Å². The molecule has 4 aromatic rings. The Morgan fingerprint density at radius 3 is 2.32 bits per heavy atom. The van der Waals surface area contributed by atoms with E-state index in [4.69, 9.17) is 9.15 Å². The molecule has 3 aromatic carbocycles. The summed E-state index contributed by atoms with van der Waals surface area (Å²) in [5.74, 6) is 0.851. The van der Waals surface area contributed by atoms with Crippen molar-refractivity contribution in [3.05, 3.63) is 96.1 Å². The van der Waals surface area contributed by atoms with E-state index in [1.165, 1.54) is 6.07 Å². The van der Waals surface area contributed by atoms with Crippen molar-refractivity contribution >= 4 is 5.69 Å². The van der Waals surface area contributed by atoms with Gasteiger partial charge in [-0.3, -0.25) is 0 Å². The zero-order valence-corrected chi connectivity index (χ0v) is 15.2. The summed E-state index contributed by atoms with van der Waals surface area (Å²) in [5, 5.41) is 11.6. The molecule has 1 aromatic heterocycles. The van der Waals surface area contributed by atoms with E-state index in [-0.39, 0.29) is 17.5 Å². The summed E-state index contributed by atoms with van der Waals surface area (Å²) in [6.07, 6.45) is 0. The number of aromatic nitrogens is 2. The molecule has 0 unspecified atom stereocenters. The third-order valence-electron chi connectivity index (χ3n) is 4.33. The Balaban J connectivity index is 1.69. The van der Waals surface area contributed by atoms with Gasteiger partial charge in [-0.1, -0.05) is 42.5 Å². The maximum Gasteiger partial charge on any atom is 0.250 e. The molecular formula is C22H18FN3O2. The number of benzene rings is 3. The highest BCUT2D eigenvalue weighted by molar-refractivity contribution is 5.54. The smallest absolute Gasteiger partial charge is 0.250 e. The van der Waals surface area contributed by atoms with Crippen LogP contribution in [0.25, 0.3) is 11.5 Å². The predicted molar refractivity (Wildman–Crippen MR) is 105 cm³/mol. The molecule has 0 aliphatic heterocycles. The molecule has 5 nitrogen and oxygen atoms in total. The highest BCUT2D eigenvalue weighted by Crippen LogP contribution is 2.29. The van der Waals surface area contributed by atoms with E-state index in [0.717, 1.165) is 17.0 Å². The molecule has 0 aliphatic rings. The normalized spacial score (nSPS) is 11.8. The van der Waals surface area contributed by atoms with Crippen molar-refractivity contribution in [3.8, 4) is 17.2 Å². The van der Waals surface area contributed by atoms with Gasteiger partial charge in [-0.05, 0) is 42.0 Å². The molecule has 0 amide bonds. The summed E-state index contributed by atoms with van der Waals surface area (Å²) in [6, 6.07) is 23.2. The molecule has 0 aliphatic carbocycles. The highest BCUT2D eigenvalue weighted by atomic mass is 19.1. The lowest BCUT2D eigenvalue weighted by atomic mass is 10.1. The van der Waals surface area contributed by atoms with Gasteiger partial charge in [0, 0.05) is 5.69 Å². The van der Waals surface area contributed by atoms with Gasteiger partial charge in [-0.15, -0.1) is 10.2 Å². The van der Waals surface area contributed by atoms with Crippen molar-refractivity contribution in [1.82, 2.24) is 10.2 Å². The lowest BCUT2D eigenvalue weighted by Gasteiger charge is -2.17. The standard InChI is InChI=1S/C22H18FN3O2/c1-27-17-13-11-16(12-14-17)24-20(15-7-3-2-4-8-15)22-26-25-21(28-22)18-9-5-6-10-19(18)23/h2-14,20,24H,1H3/t20-/m0/s1. The van der Waals surface area contributed by atoms with Crippen LogP contribution in [-0.4, -0.2) is 17.3 Å². The number of ether oxygens (including phenoxy) is 1. The second-order valence-electron chi connectivity index (χ2n) is 6.14. The van der Waals surface area contributed by atoms with Crippen molar-refractivity contribution in [2.45, 2.75) is 6.04 Å². The first-order chi connectivity index (χ1) is 13.7. The van der Waals surface area contributed by atoms with Crippen LogP contribution in [0.1, 0.15) is 17.5 Å². The minimum absolute atomic E-state index is 0.144. The Morgan fingerprint density at radius 2 is 1.61 bits per heavy atom. The third-order valence-corrected chi connectivity index (χ3v) is 4.33. The van der Waals surface area contributed by atoms with Crippen LogP contribution in [-0.2, 0) is 0 Å². The maximum atomic E-state index is 14.1. The first kappa shape index (κ1) is 17.7. The molecule has 1 heterocycles. The first-order valence-electron chi connectivity index (χ1n) is 8.78. The van der Waals surface area contributed by atoms with Crippen LogP contribution in [0.5, 0.6) is 5.75 Å². The number of anilines is 1. The maximum absolute atomic E-state index is 14.1. The fourth-order valence-electron chi connectivity index (χ4n) is 2.88. The van der Waals surface area contributed by atoms with Gasteiger partial charge in [0.1, 0.15) is 17.6 Å². The predicted octanol–water partition coefficient (Wildman–Crippen LogP) is 5.09. The van der Waals surface area contributed by atoms with Gasteiger partial charge in [0.2, 0.25) is 5.89 Å². The molecule has 140 valence electrons. The Hall–Kier alpha value is -3.67. The molecule has 1 N–H and O–H groups in total. The number of hydrogen-bond donors (Lipinski definition) is 1. The molecule has 4 rings (SSSR count). The topological polar surface area (TPSA) is 60.2 Å². The molecular weight excluding hydrogens is 357 g/mol. The lowest BCUT2D eigenvalue weighted by Crippen LogP contribution is -2.12. The van der Waals surface area contributed by atoms with Crippen molar-refractivity contribution in [2.24, 2.45) is 0 Å². The first-order valence-corrected chi connectivity index (χ1v) is 8.78. The average Bonchev–Trinajstić information content (AvgIpc) is 3.23. The lowest BCUT2D eigenvalue weighted by molar-refractivity contribution is 0.415. The van der Waals surface area contributed by atoms with E-state index in [2.05, 4.69) is 15.5 Å². The van der Waals surface area contributed by atoms with Crippen LogP contribution >= 0.6 is 0 Å². The van der Waals surface area contributed by atoms with Gasteiger partial charge in [0.25, 0.3) is 5.89 Å². The fourth-order valence-corrected chi connectivity index (χ4v) is 2.88. The number of rotatable bonds is 6. The van der Waals surface area contributed by atoms with E-state index in [9.17, 15) is 4.39 Å². The number of nitrogens with one attached hydrogen (secondary N) is 1. The molecule has 1 atom stereocenters. The highest BCUT2D eigenvalue weighted by Gasteiger charge is 2.22. The van der Waals surface area contributed by atoms with Crippen LogP contribution in [0.4, 0.5) is 10.1 Å². The van der Waals surface area contributed by atoms with Crippen molar-refractivity contribution in [1.29, 1.82) is 0 Å². The second-order valence-corrected chi connectivity index (χ2v) is 6.14. The summed E-state index contributed by atoms with van der Waals surface area (Å²) >= 11 is 0. The Bertz CT molecular complexity index is 1050. The summed E-state index contributed by atoms with van der Waals surface area (Å²) < 4.78 is 25.1. The van der Waals surface area contributed by atoms with Gasteiger partial charge >= 0.3 is 0 Å². The van der Waals surface area contributed by atoms with Crippen molar-refractivity contribution in [2.75, 3.05) is 12.4 Å². The minimum atomic E-state index is -0.405. The van der Waals surface area contributed by atoms with E-state index >= 15 is 0 Å².